The number of hydrogen-bond donors (Lipinski definition) is 1. The second kappa shape index (κ2) is 6.26. The van der Waals surface area contributed by atoms with Gasteiger partial charge in [-0.1, -0.05) is 32.0 Å². The number of nitrogens with zero attached hydrogens (tertiary/aromatic N) is 3. The number of imidazole rings is 1. The van der Waals surface area contributed by atoms with E-state index in [2.05, 4.69) is 4.98 Å². The van der Waals surface area contributed by atoms with E-state index in [1.54, 1.807) is 29.3 Å². The van der Waals surface area contributed by atoms with Gasteiger partial charge in [0.25, 0.3) is 0 Å². The molecular formula is C19H24FN3O2. The Morgan fingerprint density at radius 1 is 1.40 bits per heavy atom. The fourth-order valence-electron chi connectivity index (χ4n) is 3.73. The highest BCUT2D eigenvalue weighted by Gasteiger charge is 2.68. The first-order chi connectivity index (χ1) is 11.8. The third-order valence-electron chi connectivity index (χ3n) is 5.35. The van der Waals surface area contributed by atoms with Crippen molar-refractivity contribution in [3.05, 3.63) is 53.9 Å². The van der Waals surface area contributed by atoms with Gasteiger partial charge in [-0.2, -0.15) is 0 Å². The third-order valence-corrected chi connectivity index (χ3v) is 5.35. The average molecular weight is 345 g/mol. The monoisotopic (exact) mass is 345 g/mol. The van der Waals surface area contributed by atoms with Gasteiger partial charge >= 0.3 is 0 Å². The van der Waals surface area contributed by atoms with Crippen LogP contribution in [0.5, 0.6) is 0 Å². The molecule has 1 aliphatic rings. The van der Waals surface area contributed by atoms with Crippen molar-refractivity contribution in [2.45, 2.75) is 32.2 Å². The summed E-state index contributed by atoms with van der Waals surface area (Å²) < 4.78 is 16.3. The summed E-state index contributed by atoms with van der Waals surface area (Å²) in [6.07, 6.45) is 4.07. The lowest BCUT2D eigenvalue weighted by Gasteiger charge is -2.29. The predicted molar refractivity (Wildman–Crippen MR) is 92.2 cm³/mol. The molecule has 1 saturated carbocycles. The Hall–Kier alpha value is -2.21. The molecule has 3 rings (SSSR count). The first kappa shape index (κ1) is 17.6. The SMILES string of the molecule is Cn1ccnc1CN(CCO)C(=O)[C@@]1(c2ccccc2F)CC1(C)C. The van der Waals surface area contributed by atoms with E-state index in [1.807, 2.05) is 31.7 Å². The standard InChI is InChI=1S/C19H24FN3O2/c1-18(2)13-19(18,14-6-4-5-7-15(14)20)17(25)23(10-11-24)12-16-21-8-9-22(16)3/h4-9,24H,10-13H2,1-3H3/t19-/m0/s1. The smallest absolute Gasteiger partial charge is 0.234 e. The summed E-state index contributed by atoms with van der Waals surface area (Å²) in [5, 5.41) is 9.43. The Labute approximate surface area is 147 Å². The third kappa shape index (κ3) is 2.84. The number of halogens is 1. The van der Waals surface area contributed by atoms with E-state index in [-0.39, 0.29) is 36.8 Å². The van der Waals surface area contributed by atoms with Crippen molar-refractivity contribution in [2.75, 3.05) is 13.2 Å². The molecule has 0 spiro atoms. The van der Waals surface area contributed by atoms with Gasteiger partial charge in [-0.25, -0.2) is 9.37 Å². The van der Waals surface area contributed by atoms with Gasteiger partial charge in [0, 0.05) is 31.5 Å². The van der Waals surface area contributed by atoms with E-state index in [0.29, 0.717) is 12.0 Å². The van der Waals surface area contributed by atoms with E-state index < -0.39 is 5.41 Å². The number of amides is 1. The number of aliphatic hydroxyl groups is 1. The Morgan fingerprint density at radius 2 is 2.08 bits per heavy atom. The fourth-order valence-corrected chi connectivity index (χ4v) is 3.73. The first-order valence-electron chi connectivity index (χ1n) is 8.45. The summed E-state index contributed by atoms with van der Waals surface area (Å²) in [6, 6.07) is 6.48. The van der Waals surface area contributed by atoms with Crippen molar-refractivity contribution in [1.82, 2.24) is 14.5 Å². The molecule has 0 unspecified atom stereocenters. The maximum Gasteiger partial charge on any atom is 0.234 e. The second-order valence-corrected chi connectivity index (χ2v) is 7.35. The number of hydrogen-bond acceptors (Lipinski definition) is 3. The summed E-state index contributed by atoms with van der Waals surface area (Å²) in [5.41, 5.74) is -0.784. The largest absolute Gasteiger partial charge is 0.395 e. The molecule has 0 bridgehead atoms. The molecule has 1 fully saturated rings. The molecule has 0 saturated heterocycles. The van der Waals surface area contributed by atoms with Crippen LogP contribution in [0.1, 0.15) is 31.7 Å². The number of aryl methyl sites for hydroxylation is 1. The molecular weight excluding hydrogens is 321 g/mol. The summed E-state index contributed by atoms with van der Waals surface area (Å²) in [4.78, 5) is 19.3. The Bertz CT molecular complexity index is 786. The summed E-state index contributed by atoms with van der Waals surface area (Å²) >= 11 is 0. The van der Waals surface area contributed by atoms with Crippen LogP contribution in [0.25, 0.3) is 0 Å². The van der Waals surface area contributed by atoms with Gasteiger partial charge in [-0.15, -0.1) is 0 Å². The van der Waals surface area contributed by atoms with Crippen LogP contribution in [0.3, 0.4) is 0 Å². The molecule has 1 heterocycles. The lowest BCUT2D eigenvalue weighted by Crippen LogP contribution is -2.43. The maximum absolute atomic E-state index is 14.5. The number of rotatable bonds is 6. The van der Waals surface area contributed by atoms with Crippen LogP contribution in [0.15, 0.2) is 36.7 Å². The van der Waals surface area contributed by atoms with Crippen LogP contribution >= 0.6 is 0 Å². The number of benzene rings is 1. The molecule has 1 aromatic carbocycles. The zero-order valence-corrected chi connectivity index (χ0v) is 14.9. The first-order valence-corrected chi connectivity index (χ1v) is 8.45. The van der Waals surface area contributed by atoms with Gasteiger partial charge in [0.15, 0.2) is 0 Å². The molecule has 2 aromatic rings. The van der Waals surface area contributed by atoms with E-state index in [0.717, 1.165) is 5.82 Å². The zero-order chi connectivity index (χ0) is 18.2. The minimum atomic E-state index is -0.890. The van der Waals surface area contributed by atoms with Gasteiger partial charge in [-0.3, -0.25) is 4.79 Å². The van der Waals surface area contributed by atoms with Crippen LogP contribution in [-0.2, 0) is 23.8 Å². The number of carbonyl (C=O) groups excluding carboxylic acids is 1. The second-order valence-electron chi connectivity index (χ2n) is 7.35. The van der Waals surface area contributed by atoms with Crippen molar-refractivity contribution >= 4 is 5.91 Å². The fraction of sp³-hybridized carbons (Fsp3) is 0.474. The van der Waals surface area contributed by atoms with Gasteiger partial charge < -0.3 is 14.6 Å². The van der Waals surface area contributed by atoms with E-state index in [9.17, 15) is 14.3 Å². The maximum atomic E-state index is 14.5. The molecule has 5 nitrogen and oxygen atoms in total. The quantitative estimate of drug-likeness (QED) is 0.874. The molecule has 25 heavy (non-hydrogen) atoms. The zero-order valence-electron chi connectivity index (χ0n) is 14.9. The molecule has 1 aromatic heterocycles. The molecule has 1 N–H and O–H groups in total. The van der Waals surface area contributed by atoms with Crippen molar-refractivity contribution in [1.29, 1.82) is 0 Å². The lowest BCUT2D eigenvalue weighted by atomic mass is 9.86. The van der Waals surface area contributed by atoms with Gasteiger partial charge in [0.05, 0.1) is 18.6 Å². The van der Waals surface area contributed by atoms with Gasteiger partial charge in [0.1, 0.15) is 11.6 Å². The summed E-state index contributed by atoms with van der Waals surface area (Å²) in [5.74, 6) is 0.214. The minimum Gasteiger partial charge on any atom is -0.395 e. The normalized spacial score (nSPS) is 21.2. The molecule has 1 aliphatic carbocycles. The molecule has 0 aliphatic heterocycles. The van der Waals surface area contributed by atoms with Gasteiger partial charge in [-0.05, 0) is 17.9 Å². The van der Waals surface area contributed by atoms with Crippen molar-refractivity contribution < 1.29 is 14.3 Å². The molecule has 0 radical (unpaired) electrons. The van der Waals surface area contributed by atoms with E-state index in [1.165, 1.54) is 6.07 Å². The number of aliphatic hydroxyl groups excluding tert-OH is 1. The van der Waals surface area contributed by atoms with Crippen LogP contribution in [0, 0.1) is 11.2 Å². The number of aromatic nitrogens is 2. The van der Waals surface area contributed by atoms with Crippen molar-refractivity contribution in [2.24, 2.45) is 12.5 Å². The summed E-state index contributed by atoms with van der Waals surface area (Å²) in [7, 11) is 1.86. The highest BCUT2D eigenvalue weighted by atomic mass is 19.1. The Morgan fingerprint density at radius 3 is 2.60 bits per heavy atom. The Kier molecular flexibility index (Phi) is 4.41. The van der Waals surface area contributed by atoms with Gasteiger partial charge in [0.2, 0.25) is 5.91 Å². The van der Waals surface area contributed by atoms with Crippen LogP contribution in [0.4, 0.5) is 4.39 Å². The highest BCUT2D eigenvalue weighted by Crippen LogP contribution is 2.65. The van der Waals surface area contributed by atoms with Crippen LogP contribution < -0.4 is 0 Å². The van der Waals surface area contributed by atoms with Crippen LogP contribution in [0.2, 0.25) is 0 Å². The summed E-state index contributed by atoms with van der Waals surface area (Å²) in [6.45, 7) is 4.29. The molecule has 134 valence electrons. The van der Waals surface area contributed by atoms with Crippen LogP contribution in [-0.4, -0.2) is 38.6 Å². The number of carbonyl (C=O) groups is 1. The van der Waals surface area contributed by atoms with E-state index in [4.69, 9.17) is 0 Å². The van der Waals surface area contributed by atoms with E-state index >= 15 is 0 Å². The Balaban J connectivity index is 1.97. The lowest BCUT2D eigenvalue weighted by molar-refractivity contribution is -0.136. The topological polar surface area (TPSA) is 58.4 Å². The predicted octanol–water partition coefficient (Wildman–Crippen LogP) is 2.25. The average Bonchev–Trinajstić information content (AvgIpc) is 2.92. The molecule has 1 atom stereocenters. The highest BCUT2D eigenvalue weighted by molar-refractivity contribution is 5.93. The minimum absolute atomic E-state index is 0.149. The van der Waals surface area contributed by atoms with Crippen molar-refractivity contribution in [3.63, 3.8) is 0 Å². The van der Waals surface area contributed by atoms with Crippen molar-refractivity contribution in [3.8, 4) is 0 Å². The molecule has 6 heteroatoms. The molecule has 1 amide bonds.